The summed E-state index contributed by atoms with van der Waals surface area (Å²) in [5.74, 6) is -1.15. The second-order valence-corrected chi connectivity index (χ2v) is 4.47. The van der Waals surface area contributed by atoms with Crippen molar-refractivity contribution in [2.24, 2.45) is 5.92 Å². The van der Waals surface area contributed by atoms with E-state index in [0.717, 1.165) is 0 Å². The maximum Gasteiger partial charge on any atom is 0.321 e. The molecule has 0 spiro atoms. The molecule has 0 aromatic rings. The van der Waals surface area contributed by atoms with E-state index in [9.17, 15) is 14.7 Å². The van der Waals surface area contributed by atoms with Crippen molar-refractivity contribution in [3.8, 4) is 0 Å². The predicted octanol–water partition coefficient (Wildman–Crippen LogP) is -0.458. The lowest BCUT2D eigenvalue weighted by atomic mass is 10.00. The van der Waals surface area contributed by atoms with Crippen LogP contribution in [0.15, 0.2) is 0 Å². The third-order valence-corrected chi connectivity index (χ3v) is 2.96. The Bertz CT molecular complexity index is 293. The quantitative estimate of drug-likeness (QED) is 0.700. The number of amides is 1. The Labute approximate surface area is 101 Å². The number of aliphatic carboxylic acids is 1. The summed E-state index contributed by atoms with van der Waals surface area (Å²) in [4.78, 5) is 24.7. The third-order valence-electron chi connectivity index (χ3n) is 2.96. The molecular formula is C11H20N2O4. The maximum absolute atomic E-state index is 11.7. The van der Waals surface area contributed by atoms with Crippen LogP contribution < -0.4 is 5.32 Å². The van der Waals surface area contributed by atoms with E-state index in [1.807, 2.05) is 13.8 Å². The lowest BCUT2D eigenvalue weighted by Gasteiger charge is -2.39. The molecule has 0 aromatic carbocycles. The molecule has 1 aliphatic heterocycles. The van der Waals surface area contributed by atoms with Gasteiger partial charge in [-0.25, -0.2) is 0 Å². The van der Waals surface area contributed by atoms with Crippen molar-refractivity contribution in [3.63, 3.8) is 0 Å². The largest absolute Gasteiger partial charge is 0.480 e. The zero-order valence-electron chi connectivity index (χ0n) is 10.5. The molecule has 2 N–H and O–H groups in total. The molecule has 1 saturated heterocycles. The number of hydrogen-bond acceptors (Lipinski definition) is 4. The molecule has 6 nitrogen and oxygen atoms in total. The SMILES string of the molecule is CNC(=O)C1COCCN1C(C(=O)O)C(C)C. The minimum atomic E-state index is -0.893. The van der Waals surface area contributed by atoms with E-state index in [0.29, 0.717) is 13.2 Å². The zero-order chi connectivity index (χ0) is 13.0. The summed E-state index contributed by atoms with van der Waals surface area (Å²) in [6.07, 6.45) is 0. The fourth-order valence-electron chi connectivity index (χ4n) is 2.15. The Hall–Kier alpha value is -1.14. The summed E-state index contributed by atoms with van der Waals surface area (Å²) in [5, 5.41) is 11.8. The van der Waals surface area contributed by atoms with Gasteiger partial charge in [0.15, 0.2) is 0 Å². The molecule has 0 aliphatic carbocycles. The number of ether oxygens (including phenoxy) is 1. The predicted molar refractivity (Wildman–Crippen MR) is 61.6 cm³/mol. The summed E-state index contributed by atoms with van der Waals surface area (Å²) < 4.78 is 5.25. The Morgan fingerprint density at radius 2 is 2.12 bits per heavy atom. The van der Waals surface area contributed by atoms with Crippen LogP contribution in [-0.4, -0.2) is 60.8 Å². The van der Waals surface area contributed by atoms with Gasteiger partial charge < -0.3 is 15.2 Å². The number of likely N-dealkylation sites (N-methyl/N-ethyl adjacent to an activating group) is 1. The molecule has 0 radical (unpaired) electrons. The van der Waals surface area contributed by atoms with E-state index in [1.54, 1.807) is 11.9 Å². The van der Waals surface area contributed by atoms with Gasteiger partial charge in [0, 0.05) is 13.6 Å². The highest BCUT2D eigenvalue weighted by Crippen LogP contribution is 2.18. The first-order valence-electron chi connectivity index (χ1n) is 5.77. The van der Waals surface area contributed by atoms with Crippen molar-refractivity contribution in [2.45, 2.75) is 25.9 Å². The molecular weight excluding hydrogens is 224 g/mol. The fraction of sp³-hybridized carbons (Fsp3) is 0.818. The molecule has 0 saturated carbocycles. The van der Waals surface area contributed by atoms with Gasteiger partial charge in [0.25, 0.3) is 0 Å². The van der Waals surface area contributed by atoms with Gasteiger partial charge in [0.05, 0.1) is 13.2 Å². The number of carbonyl (C=O) groups is 2. The minimum absolute atomic E-state index is 0.0576. The molecule has 0 bridgehead atoms. The van der Waals surface area contributed by atoms with Crippen LogP contribution in [0.25, 0.3) is 0 Å². The summed E-state index contributed by atoms with van der Waals surface area (Å²) in [7, 11) is 1.54. The number of rotatable bonds is 4. The van der Waals surface area contributed by atoms with Gasteiger partial charge in [-0.2, -0.15) is 0 Å². The smallest absolute Gasteiger partial charge is 0.321 e. The van der Waals surface area contributed by atoms with Crippen LogP contribution in [0.2, 0.25) is 0 Å². The van der Waals surface area contributed by atoms with Gasteiger partial charge in [0.1, 0.15) is 12.1 Å². The Morgan fingerprint density at radius 3 is 2.59 bits per heavy atom. The highest BCUT2D eigenvalue weighted by Gasteiger charge is 2.38. The second-order valence-electron chi connectivity index (χ2n) is 4.47. The van der Waals surface area contributed by atoms with Crippen LogP contribution in [0, 0.1) is 5.92 Å². The average molecular weight is 244 g/mol. The molecule has 17 heavy (non-hydrogen) atoms. The molecule has 1 fully saturated rings. The summed E-state index contributed by atoms with van der Waals surface area (Å²) in [6, 6.07) is -1.17. The normalized spacial score (nSPS) is 23.4. The summed E-state index contributed by atoms with van der Waals surface area (Å²) >= 11 is 0. The van der Waals surface area contributed by atoms with Crippen molar-refractivity contribution in [1.82, 2.24) is 10.2 Å². The fourth-order valence-corrected chi connectivity index (χ4v) is 2.15. The van der Waals surface area contributed by atoms with Crippen molar-refractivity contribution < 1.29 is 19.4 Å². The van der Waals surface area contributed by atoms with Crippen LogP contribution in [-0.2, 0) is 14.3 Å². The van der Waals surface area contributed by atoms with E-state index < -0.39 is 18.1 Å². The standard InChI is InChI=1S/C11H20N2O4/c1-7(2)9(11(15)16)13-4-5-17-6-8(13)10(14)12-3/h7-9H,4-6H2,1-3H3,(H,12,14)(H,15,16). The van der Waals surface area contributed by atoms with Gasteiger partial charge in [-0.1, -0.05) is 13.8 Å². The van der Waals surface area contributed by atoms with Crippen LogP contribution in [0.4, 0.5) is 0 Å². The van der Waals surface area contributed by atoms with Crippen LogP contribution in [0.5, 0.6) is 0 Å². The molecule has 1 heterocycles. The number of nitrogens with zero attached hydrogens (tertiary/aromatic N) is 1. The number of carboxylic acid groups (broad SMARTS) is 1. The van der Waals surface area contributed by atoms with Crippen LogP contribution in [0.1, 0.15) is 13.8 Å². The van der Waals surface area contributed by atoms with Gasteiger partial charge in [-0.3, -0.25) is 14.5 Å². The van der Waals surface area contributed by atoms with Crippen LogP contribution >= 0.6 is 0 Å². The van der Waals surface area contributed by atoms with Gasteiger partial charge in [0.2, 0.25) is 5.91 Å². The summed E-state index contributed by atoms with van der Waals surface area (Å²) in [6.45, 7) is 4.86. The monoisotopic (exact) mass is 244 g/mol. The molecule has 1 amide bonds. The molecule has 1 aliphatic rings. The Balaban J connectivity index is 2.89. The van der Waals surface area contributed by atoms with E-state index in [1.165, 1.54) is 0 Å². The maximum atomic E-state index is 11.7. The van der Waals surface area contributed by atoms with E-state index in [2.05, 4.69) is 5.32 Å². The number of nitrogens with one attached hydrogen (secondary N) is 1. The van der Waals surface area contributed by atoms with Crippen molar-refractivity contribution in [3.05, 3.63) is 0 Å². The molecule has 0 aromatic heterocycles. The second kappa shape index (κ2) is 5.97. The summed E-state index contributed by atoms with van der Waals surface area (Å²) in [5.41, 5.74) is 0. The lowest BCUT2D eigenvalue weighted by molar-refractivity contribution is -0.153. The number of carbonyl (C=O) groups excluding carboxylic acids is 1. The first kappa shape index (κ1) is 13.9. The van der Waals surface area contributed by atoms with Crippen molar-refractivity contribution in [1.29, 1.82) is 0 Å². The Kier molecular flexibility index (Phi) is 4.89. The topological polar surface area (TPSA) is 78.9 Å². The van der Waals surface area contributed by atoms with Gasteiger partial charge in [-0.05, 0) is 5.92 Å². The Morgan fingerprint density at radius 1 is 1.47 bits per heavy atom. The van der Waals surface area contributed by atoms with Gasteiger partial charge >= 0.3 is 5.97 Å². The average Bonchev–Trinajstić information content (AvgIpc) is 2.28. The highest BCUT2D eigenvalue weighted by atomic mass is 16.5. The molecule has 2 atom stereocenters. The molecule has 98 valence electrons. The van der Waals surface area contributed by atoms with Crippen molar-refractivity contribution >= 4 is 11.9 Å². The minimum Gasteiger partial charge on any atom is -0.480 e. The first-order chi connectivity index (χ1) is 7.99. The lowest BCUT2D eigenvalue weighted by Crippen LogP contribution is -2.60. The number of carboxylic acids is 1. The van der Waals surface area contributed by atoms with E-state index in [-0.39, 0.29) is 18.4 Å². The zero-order valence-corrected chi connectivity index (χ0v) is 10.5. The number of hydrogen-bond donors (Lipinski definition) is 2. The number of morpholine rings is 1. The molecule has 6 heteroatoms. The highest BCUT2D eigenvalue weighted by molar-refractivity contribution is 5.83. The van der Waals surface area contributed by atoms with E-state index in [4.69, 9.17) is 4.74 Å². The van der Waals surface area contributed by atoms with Crippen LogP contribution in [0.3, 0.4) is 0 Å². The van der Waals surface area contributed by atoms with E-state index >= 15 is 0 Å². The third kappa shape index (κ3) is 3.17. The van der Waals surface area contributed by atoms with Gasteiger partial charge in [-0.15, -0.1) is 0 Å². The molecule has 2 unspecified atom stereocenters. The van der Waals surface area contributed by atoms with Crippen molar-refractivity contribution in [2.75, 3.05) is 26.8 Å². The first-order valence-corrected chi connectivity index (χ1v) is 5.77. The molecule has 1 rings (SSSR count).